The number of nitrogens with two attached hydrogens (primary N) is 1. The van der Waals surface area contributed by atoms with Gasteiger partial charge in [-0.1, -0.05) is 17.7 Å². The van der Waals surface area contributed by atoms with Gasteiger partial charge in [0.1, 0.15) is 0 Å². The van der Waals surface area contributed by atoms with Crippen LogP contribution in [0.2, 0.25) is 0 Å². The molecule has 2 unspecified atom stereocenters. The molecule has 0 radical (unpaired) electrons. The smallest absolute Gasteiger partial charge is 0.243 e. The lowest BCUT2D eigenvalue weighted by Gasteiger charge is -2.34. The number of carbonyl (C=O) groups excluding carboxylic acids is 1. The van der Waals surface area contributed by atoms with Crippen LogP contribution < -0.4 is 5.73 Å². The van der Waals surface area contributed by atoms with Crippen molar-refractivity contribution in [3.8, 4) is 0 Å². The van der Waals surface area contributed by atoms with Gasteiger partial charge in [0.15, 0.2) is 0 Å². The van der Waals surface area contributed by atoms with E-state index in [0.717, 1.165) is 31.4 Å². The third kappa shape index (κ3) is 4.22. The Hall–Kier alpha value is -1.15. The fourth-order valence-corrected chi connectivity index (χ4v) is 5.35. The van der Waals surface area contributed by atoms with E-state index in [2.05, 4.69) is 0 Å². The standard InChI is InChI=1S/C18H27N3O3S.ClH/c1-14-6-8-17(9-7-14)25(23,24)20-10-2-4-15(13-20)18(22)21-11-3-5-16(21)12-19;/h6-9,15-16H,2-5,10-13,19H2,1H3;1H. The third-order valence-electron chi connectivity index (χ3n) is 5.32. The van der Waals surface area contributed by atoms with Crippen LogP contribution in [0.3, 0.4) is 0 Å². The molecule has 0 bridgehead atoms. The molecule has 2 heterocycles. The molecule has 2 N–H and O–H groups in total. The Morgan fingerprint density at radius 2 is 1.81 bits per heavy atom. The summed E-state index contributed by atoms with van der Waals surface area (Å²) in [4.78, 5) is 15.0. The molecule has 1 aromatic rings. The van der Waals surface area contributed by atoms with Crippen molar-refractivity contribution in [1.29, 1.82) is 0 Å². The number of halogens is 1. The maximum Gasteiger partial charge on any atom is 0.243 e. The summed E-state index contributed by atoms with van der Waals surface area (Å²) < 4.78 is 27.2. The normalized spacial score (nSPS) is 24.3. The lowest BCUT2D eigenvalue weighted by atomic mass is 9.97. The number of nitrogens with zero attached hydrogens (tertiary/aromatic N) is 2. The predicted molar refractivity (Wildman–Crippen MR) is 104 cm³/mol. The zero-order chi connectivity index (χ0) is 18.0. The maximum absolute atomic E-state index is 12.9. The quantitative estimate of drug-likeness (QED) is 0.833. The van der Waals surface area contributed by atoms with Crippen molar-refractivity contribution in [3.05, 3.63) is 29.8 Å². The van der Waals surface area contributed by atoms with Crippen LogP contribution in [0, 0.1) is 12.8 Å². The number of carbonyl (C=O) groups is 1. The fraction of sp³-hybridized carbons (Fsp3) is 0.611. The van der Waals surface area contributed by atoms with Crippen molar-refractivity contribution in [2.24, 2.45) is 11.7 Å². The van der Waals surface area contributed by atoms with Crippen LogP contribution in [0.25, 0.3) is 0 Å². The van der Waals surface area contributed by atoms with Gasteiger partial charge in [-0.3, -0.25) is 4.79 Å². The van der Waals surface area contributed by atoms with Gasteiger partial charge in [-0.25, -0.2) is 8.42 Å². The molecule has 26 heavy (non-hydrogen) atoms. The van der Waals surface area contributed by atoms with Crippen LogP contribution in [0.5, 0.6) is 0 Å². The van der Waals surface area contributed by atoms with Gasteiger partial charge in [-0.05, 0) is 44.7 Å². The molecule has 3 rings (SSSR count). The van der Waals surface area contributed by atoms with E-state index in [1.165, 1.54) is 4.31 Å². The molecule has 0 aromatic heterocycles. The average Bonchev–Trinajstić information content (AvgIpc) is 3.10. The van der Waals surface area contributed by atoms with Crippen molar-refractivity contribution in [1.82, 2.24) is 9.21 Å². The molecule has 2 fully saturated rings. The van der Waals surface area contributed by atoms with E-state index in [-0.39, 0.29) is 36.8 Å². The number of rotatable bonds is 4. The molecular formula is C18H28ClN3O3S. The van der Waals surface area contributed by atoms with Gasteiger partial charge in [0.25, 0.3) is 0 Å². The second-order valence-electron chi connectivity index (χ2n) is 7.08. The summed E-state index contributed by atoms with van der Waals surface area (Å²) in [5.41, 5.74) is 6.80. The Balaban J connectivity index is 0.00000243. The second-order valence-corrected chi connectivity index (χ2v) is 9.02. The highest BCUT2D eigenvalue weighted by Crippen LogP contribution is 2.27. The number of hydrogen-bond acceptors (Lipinski definition) is 4. The number of aryl methyl sites for hydroxylation is 1. The third-order valence-corrected chi connectivity index (χ3v) is 7.20. The summed E-state index contributed by atoms with van der Waals surface area (Å²) in [6, 6.07) is 6.99. The zero-order valence-electron chi connectivity index (χ0n) is 15.1. The molecule has 0 spiro atoms. The monoisotopic (exact) mass is 401 g/mol. The summed E-state index contributed by atoms with van der Waals surface area (Å²) in [6.07, 6.45) is 3.38. The fourth-order valence-electron chi connectivity index (χ4n) is 3.83. The first kappa shape index (κ1) is 21.2. The van der Waals surface area contributed by atoms with Crippen LogP contribution in [0.15, 0.2) is 29.2 Å². The van der Waals surface area contributed by atoms with Crippen LogP contribution in [-0.2, 0) is 14.8 Å². The molecule has 2 aliphatic rings. The molecule has 2 aliphatic heterocycles. The highest BCUT2D eigenvalue weighted by molar-refractivity contribution is 7.89. The number of hydrogen-bond donors (Lipinski definition) is 1. The minimum atomic E-state index is -3.55. The Morgan fingerprint density at radius 1 is 1.15 bits per heavy atom. The van der Waals surface area contributed by atoms with Crippen LogP contribution in [-0.4, -0.2) is 55.8 Å². The number of piperidine rings is 1. The van der Waals surface area contributed by atoms with Gasteiger partial charge in [-0.2, -0.15) is 4.31 Å². The Kier molecular flexibility index (Phi) is 7.07. The van der Waals surface area contributed by atoms with E-state index in [4.69, 9.17) is 5.73 Å². The first-order chi connectivity index (χ1) is 11.9. The number of sulfonamides is 1. The van der Waals surface area contributed by atoms with Crippen LogP contribution >= 0.6 is 12.4 Å². The van der Waals surface area contributed by atoms with Gasteiger partial charge in [-0.15, -0.1) is 12.4 Å². The Morgan fingerprint density at radius 3 is 2.46 bits per heavy atom. The van der Waals surface area contributed by atoms with Gasteiger partial charge >= 0.3 is 0 Å². The van der Waals surface area contributed by atoms with Gasteiger partial charge in [0.2, 0.25) is 15.9 Å². The molecule has 0 aliphatic carbocycles. The topological polar surface area (TPSA) is 83.7 Å². The van der Waals surface area contributed by atoms with E-state index in [1.54, 1.807) is 24.3 Å². The molecule has 6 nitrogen and oxygen atoms in total. The molecule has 2 saturated heterocycles. The van der Waals surface area contributed by atoms with Crippen molar-refractivity contribution in [2.45, 2.75) is 43.5 Å². The van der Waals surface area contributed by atoms with Gasteiger partial charge in [0, 0.05) is 32.2 Å². The summed E-state index contributed by atoms with van der Waals surface area (Å²) in [7, 11) is -3.55. The largest absolute Gasteiger partial charge is 0.338 e. The summed E-state index contributed by atoms with van der Waals surface area (Å²) in [5.74, 6) is -0.196. The van der Waals surface area contributed by atoms with E-state index < -0.39 is 10.0 Å². The summed E-state index contributed by atoms with van der Waals surface area (Å²) in [6.45, 7) is 3.88. The Bertz CT molecular complexity index is 724. The molecule has 0 saturated carbocycles. The van der Waals surface area contributed by atoms with Crippen LogP contribution in [0.1, 0.15) is 31.2 Å². The highest BCUT2D eigenvalue weighted by Gasteiger charge is 2.37. The van der Waals surface area contributed by atoms with Crippen molar-refractivity contribution in [3.63, 3.8) is 0 Å². The summed E-state index contributed by atoms with van der Waals surface area (Å²) in [5, 5.41) is 0. The highest BCUT2D eigenvalue weighted by atomic mass is 35.5. The van der Waals surface area contributed by atoms with Crippen molar-refractivity contribution >= 4 is 28.3 Å². The Labute approximate surface area is 162 Å². The molecular weight excluding hydrogens is 374 g/mol. The minimum Gasteiger partial charge on any atom is -0.338 e. The van der Waals surface area contributed by atoms with Crippen molar-refractivity contribution < 1.29 is 13.2 Å². The number of amides is 1. The minimum absolute atomic E-state index is 0. The predicted octanol–water partition coefficient (Wildman–Crippen LogP) is 1.77. The van der Waals surface area contributed by atoms with E-state index in [1.807, 2.05) is 11.8 Å². The van der Waals surface area contributed by atoms with Gasteiger partial charge < -0.3 is 10.6 Å². The maximum atomic E-state index is 12.9. The molecule has 1 aromatic carbocycles. The number of benzene rings is 1. The molecule has 2 atom stereocenters. The lowest BCUT2D eigenvalue weighted by molar-refractivity contribution is -0.137. The second kappa shape index (κ2) is 8.69. The lowest BCUT2D eigenvalue weighted by Crippen LogP contribution is -2.49. The molecule has 1 amide bonds. The van der Waals surface area contributed by atoms with Gasteiger partial charge in [0.05, 0.1) is 10.8 Å². The van der Waals surface area contributed by atoms with Crippen LogP contribution in [0.4, 0.5) is 0 Å². The van der Waals surface area contributed by atoms with E-state index in [0.29, 0.717) is 24.4 Å². The van der Waals surface area contributed by atoms with E-state index >= 15 is 0 Å². The van der Waals surface area contributed by atoms with Crippen molar-refractivity contribution in [2.75, 3.05) is 26.2 Å². The van der Waals surface area contributed by atoms with E-state index in [9.17, 15) is 13.2 Å². The average molecular weight is 402 g/mol. The first-order valence-electron chi connectivity index (χ1n) is 9.01. The zero-order valence-corrected chi connectivity index (χ0v) is 16.8. The first-order valence-corrected chi connectivity index (χ1v) is 10.4. The molecule has 146 valence electrons. The SMILES string of the molecule is Cc1ccc(S(=O)(=O)N2CCCC(C(=O)N3CCCC3CN)C2)cc1.Cl. The summed E-state index contributed by atoms with van der Waals surface area (Å²) >= 11 is 0. The molecule has 8 heteroatoms. The number of likely N-dealkylation sites (tertiary alicyclic amines) is 1.